The third kappa shape index (κ3) is 3.91. The van der Waals surface area contributed by atoms with Gasteiger partial charge in [-0.1, -0.05) is 30.3 Å². The summed E-state index contributed by atoms with van der Waals surface area (Å²) in [4.78, 5) is 10.9. The topological polar surface area (TPSA) is 108 Å². The Morgan fingerprint density at radius 3 is 2.75 bits per heavy atom. The number of ether oxygens (including phenoxy) is 2. The minimum absolute atomic E-state index is 0.0638. The number of nitrogens with one attached hydrogen (secondary N) is 1. The van der Waals surface area contributed by atoms with Crippen LogP contribution in [-0.2, 0) is 0 Å². The van der Waals surface area contributed by atoms with Crippen LogP contribution in [0.3, 0.4) is 0 Å². The minimum atomic E-state index is -0.530. The lowest BCUT2D eigenvalue weighted by atomic mass is 10.2. The Kier molecular flexibility index (Phi) is 5.80. The van der Waals surface area contributed by atoms with E-state index in [1.807, 2.05) is 30.3 Å². The molecule has 28 heavy (non-hydrogen) atoms. The summed E-state index contributed by atoms with van der Waals surface area (Å²) in [5, 5.41) is 22.6. The van der Waals surface area contributed by atoms with Crippen molar-refractivity contribution in [1.29, 1.82) is 0 Å². The Hall–Kier alpha value is -3.53. The van der Waals surface area contributed by atoms with Crippen molar-refractivity contribution in [2.45, 2.75) is 6.92 Å². The van der Waals surface area contributed by atoms with Crippen LogP contribution in [0.15, 0.2) is 47.6 Å². The molecule has 1 N–H and O–H groups in total. The van der Waals surface area contributed by atoms with Crippen molar-refractivity contribution in [3.8, 4) is 22.9 Å². The summed E-state index contributed by atoms with van der Waals surface area (Å²) in [5.74, 6) is 0.850. The maximum atomic E-state index is 11.4. The molecule has 0 atom stereocenters. The Morgan fingerprint density at radius 1 is 1.36 bits per heavy atom. The van der Waals surface area contributed by atoms with E-state index in [1.54, 1.807) is 13.0 Å². The number of benzene rings is 2. The molecular formula is C18H17N5O4S. The van der Waals surface area contributed by atoms with E-state index in [0.29, 0.717) is 22.8 Å². The molecule has 0 amide bonds. The van der Waals surface area contributed by atoms with Crippen molar-refractivity contribution >= 4 is 24.1 Å². The first-order valence-corrected chi connectivity index (χ1v) is 8.72. The Morgan fingerprint density at radius 2 is 2.11 bits per heavy atom. The van der Waals surface area contributed by atoms with Gasteiger partial charge in [-0.3, -0.25) is 10.1 Å². The van der Waals surface area contributed by atoms with Crippen LogP contribution < -0.4 is 9.47 Å². The third-order valence-corrected chi connectivity index (χ3v) is 4.03. The fraction of sp³-hybridized carbons (Fsp3) is 0.167. The first kappa shape index (κ1) is 19.2. The largest absolute Gasteiger partial charge is 0.490 e. The van der Waals surface area contributed by atoms with Crippen molar-refractivity contribution < 1.29 is 14.4 Å². The number of nitrogens with zero attached hydrogens (tertiary/aromatic N) is 4. The molecule has 1 aromatic heterocycles. The molecule has 0 aliphatic rings. The van der Waals surface area contributed by atoms with Gasteiger partial charge in [0.05, 0.1) is 24.9 Å². The van der Waals surface area contributed by atoms with Crippen LogP contribution in [0.25, 0.3) is 11.4 Å². The zero-order valence-corrected chi connectivity index (χ0v) is 16.0. The van der Waals surface area contributed by atoms with Gasteiger partial charge in [0, 0.05) is 17.2 Å². The SMILES string of the molecule is CCOc1cc(/C=N\n2c(-c3ccccc3)n[nH]c2=S)cc([N+](=O)[O-])c1OC. The molecule has 0 fully saturated rings. The van der Waals surface area contributed by atoms with E-state index >= 15 is 0 Å². The normalized spacial score (nSPS) is 10.9. The van der Waals surface area contributed by atoms with Gasteiger partial charge in [0.2, 0.25) is 10.5 Å². The van der Waals surface area contributed by atoms with Crippen LogP contribution in [0.4, 0.5) is 5.69 Å². The molecule has 10 heteroatoms. The van der Waals surface area contributed by atoms with Crippen molar-refractivity contribution in [3.63, 3.8) is 0 Å². The average molecular weight is 399 g/mol. The first-order chi connectivity index (χ1) is 13.5. The molecule has 144 valence electrons. The lowest BCUT2D eigenvalue weighted by Gasteiger charge is -2.10. The van der Waals surface area contributed by atoms with Gasteiger partial charge < -0.3 is 9.47 Å². The Labute approximate surface area is 165 Å². The lowest BCUT2D eigenvalue weighted by molar-refractivity contribution is -0.385. The molecule has 3 aromatic rings. The second-order valence-electron chi connectivity index (χ2n) is 5.54. The number of methoxy groups -OCH3 is 1. The van der Waals surface area contributed by atoms with Crippen LogP contribution >= 0.6 is 12.2 Å². The summed E-state index contributed by atoms with van der Waals surface area (Å²) in [6.45, 7) is 2.11. The van der Waals surface area contributed by atoms with Gasteiger partial charge >= 0.3 is 5.69 Å². The first-order valence-electron chi connectivity index (χ1n) is 8.31. The van der Waals surface area contributed by atoms with Gasteiger partial charge in [-0.25, -0.2) is 5.10 Å². The highest BCUT2D eigenvalue weighted by Gasteiger charge is 2.21. The predicted octanol–water partition coefficient (Wildman–Crippen LogP) is 3.81. The third-order valence-electron chi connectivity index (χ3n) is 3.76. The number of aromatic nitrogens is 3. The summed E-state index contributed by atoms with van der Waals surface area (Å²) in [6.07, 6.45) is 1.45. The van der Waals surface area contributed by atoms with Gasteiger partial charge in [0.1, 0.15) is 0 Å². The number of H-pyrrole nitrogens is 1. The molecule has 0 saturated carbocycles. The van der Waals surface area contributed by atoms with Gasteiger partial charge in [0.25, 0.3) is 0 Å². The van der Waals surface area contributed by atoms with Crippen molar-refractivity contribution in [1.82, 2.24) is 14.9 Å². The monoisotopic (exact) mass is 399 g/mol. The molecule has 0 saturated heterocycles. The maximum Gasteiger partial charge on any atom is 0.315 e. The van der Waals surface area contributed by atoms with Gasteiger partial charge in [-0.2, -0.15) is 14.9 Å². The predicted molar refractivity (Wildman–Crippen MR) is 107 cm³/mol. The Balaban J connectivity index is 2.05. The van der Waals surface area contributed by atoms with Crippen molar-refractivity contribution in [3.05, 3.63) is 62.9 Å². The molecule has 0 aliphatic carbocycles. The zero-order valence-electron chi connectivity index (χ0n) is 15.2. The smallest absolute Gasteiger partial charge is 0.315 e. The number of aromatic amines is 1. The fourth-order valence-corrected chi connectivity index (χ4v) is 2.76. The van der Waals surface area contributed by atoms with Crippen LogP contribution in [0.1, 0.15) is 12.5 Å². The average Bonchev–Trinajstić information content (AvgIpc) is 3.07. The summed E-state index contributed by atoms with van der Waals surface area (Å²) in [6, 6.07) is 12.4. The van der Waals surface area contributed by atoms with Crippen molar-refractivity contribution in [2.24, 2.45) is 5.10 Å². The number of hydrogen-bond donors (Lipinski definition) is 1. The number of rotatable bonds is 7. The van der Waals surface area contributed by atoms with Gasteiger partial charge in [-0.05, 0) is 25.2 Å². The summed E-state index contributed by atoms with van der Waals surface area (Å²) in [7, 11) is 1.36. The van der Waals surface area contributed by atoms with Crippen LogP contribution in [0.5, 0.6) is 11.5 Å². The van der Waals surface area contributed by atoms with Gasteiger partial charge in [-0.15, -0.1) is 0 Å². The lowest BCUT2D eigenvalue weighted by Crippen LogP contribution is -2.01. The second-order valence-corrected chi connectivity index (χ2v) is 5.92. The molecule has 1 heterocycles. The highest BCUT2D eigenvalue weighted by Crippen LogP contribution is 2.37. The summed E-state index contributed by atoms with van der Waals surface area (Å²) < 4.78 is 12.4. The molecule has 9 nitrogen and oxygen atoms in total. The molecule has 0 unspecified atom stereocenters. The fourth-order valence-electron chi connectivity index (χ4n) is 2.58. The van der Waals surface area contributed by atoms with E-state index in [-0.39, 0.29) is 17.2 Å². The molecule has 0 aliphatic heterocycles. The standard InChI is InChI=1S/C18H17N5O4S/c1-3-27-15-10-12(9-14(23(24)25)16(15)26-2)11-19-22-17(20-21-18(22)28)13-7-5-4-6-8-13/h4-11H,3H2,1-2H3,(H,21,28)/b19-11-. The highest BCUT2D eigenvalue weighted by atomic mass is 32.1. The number of hydrogen-bond acceptors (Lipinski definition) is 7. The molecule has 2 aromatic carbocycles. The van der Waals surface area contributed by atoms with E-state index in [2.05, 4.69) is 15.3 Å². The molecule has 0 spiro atoms. The molecule has 3 rings (SSSR count). The highest BCUT2D eigenvalue weighted by molar-refractivity contribution is 7.71. The van der Waals surface area contributed by atoms with E-state index in [4.69, 9.17) is 21.7 Å². The minimum Gasteiger partial charge on any atom is -0.490 e. The van der Waals surface area contributed by atoms with Crippen molar-refractivity contribution in [2.75, 3.05) is 13.7 Å². The van der Waals surface area contributed by atoms with E-state index < -0.39 is 4.92 Å². The summed E-state index contributed by atoms with van der Waals surface area (Å²) >= 11 is 5.24. The number of nitro benzene ring substituents is 1. The Bertz CT molecular complexity index is 1080. The van der Waals surface area contributed by atoms with Crippen LogP contribution in [0.2, 0.25) is 0 Å². The van der Waals surface area contributed by atoms with Crippen LogP contribution in [-0.4, -0.2) is 39.7 Å². The second kappa shape index (κ2) is 8.44. The maximum absolute atomic E-state index is 11.4. The van der Waals surface area contributed by atoms with E-state index in [0.717, 1.165) is 5.56 Å². The van der Waals surface area contributed by atoms with E-state index in [1.165, 1.54) is 24.1 Å². The van der Waals surface area contributed by atoms with Gasteiger partial charge in [0.15, 0.2) is 11.6 Å². The zero-order chi connectivity index (χ0) is 20.1. The molecule has 0 radical (unpaired) electrons. The number of nitro groups is 1. The van der Waals surface area contributed by atoms with E-state index in [9.17, 15) is 10.1 Å². The summed E-state index contributed by atoms with van der Waals surface area (Å²) in [5.41, 5.74) is 1.06. The quantitative estimate of drug-likeness (QED) is 0.280. The molecular weight excluding hydrogens is 382 g/mol. The van der Waals surface area contributed by atoms with Crippen LogP contribution in [0, 0.1) is 14.9 Å². The molecule has 0 bridgehead atoms.